The fourth-order valence-corrected chi connectivity index (χ4v) is 2.34. The predicted octanol–water partition coefficient (Wildman–Crippen LogP) is 0.773. The van der Waals surface area contributed by atoms with Crippen molar-refractivity contribution in [3.63, 3.8) is 0 Å². The molecule has 0 aromatic heterocycles. The number of carbonyl (C=O) groups excluding carboxylic acids is 2. The van der Waals surface area contributed by atoms with E-state index >= 15 is 0 Å². The summed E-state index contributed by atoms with van der Waals surface area (Å²) in [6.07, 6.45) is 0.280. The maximum absolute atomic E-state index is 12.1. The van der Waals surface area contributed by atoms with Crippen molar-refractivity contribution in [2.75, 3.05) is 39.8 Å². The number of nitrogens with zero attached hydrogens (tertiary/aromatic N) is 2. The smallest absolute Gasteiger partial charge is 0.242 e. The summed E-state index contributed by atoms with van der Waals surface area (Å²) in [7, 11) is 1.67. The van der Waals surface area contributed by atoms with Crippen LogP contribution >= 0.6 is 11.6 Å². The topological polar surface area (TPSA) is 52.7 Å². The highest BCUT2D eigenvalue weighted by molar-refractivity contribution is 6.30. The molecule has 1 saturated heterocycles. The van der Waals surface area contributed by atoms with Crippen LogP contribution < -0.4 is 5.32 Å². The Morgan fingerprint density at radius 3 is 2.48 bits per heavy atom. The van der Waals surface area contributed by atoms with Gasteiger partial charge in [-0.1, -0.05) is 23.7 Å². The zero-order valence-electron chi connectivity index (χ0n) is 12.1. The van der Waals surface area contributed by atoms with Crippen LogP contribution in [0.1, 0.15) is 5.56 Å². The van der Waals surface area contributed by atoms with Gasteiger partial charge in [0.05, 0.1) is 13.0 Å². The average molecular weight is 310 g/mol. The highest BCUT2D eigenvalue weighted by Gasteiger charge is 2.19. The molecule has 0 atom stereocenters. The summed E-state index contributed by atoms with van der Waals surface area (Å²) < 4.78 is 0. The zero-order valence-corrected chi connectivity index (χ0v) is 12.9. The summed E-state index contributed by atoms with van der Waals surface area (Å²) >= 11 is 5.81. The SMILES string of the molecule is CN(CC(=O)N1CCNCC1)C(=O)Cc1ccc(Cl)cc1. The van der Waals surface area contributed by atoms with Crippen molar-refractivity contribution in [3.05, 3.63) is 34.9 Å². The van der Waals surface area contributed by atoms with Gasteiger partial charge in [-0.25, -0.2) is 0 Å². The van der Waals surface area contributed by atoms with Gasteiger partial charge in [0.2, 0.25) is 11.8 Å². The third kappa shape index (κ3) is 4.72. The van der Waals surface area contributed by atoms with Crippen LogP contribution in [-0.4, -0.2) is 61.4 Å². The predicted molar refractivity (Wildman–Crippen MR) is 82.2 cm³/mol. The molecule has 114 valence electrons. The molecular weight excluding hydrogens is 290 g/mol. The highest BCUT2D eigenvalue weighted by Crippen LogP contribution is 2.10. The van der Waals surface area contributed by atoms with Crippen molar-refractivity contribution >= 4 is 23.4 Å². The molecule has 0 saturated carbocycles. The van der Waals surface area contributed by atoms with E-state index in [1.165, 1.54) is 4.90 Å². The third-order valence-corrected chi connectivity index (χ3v) is 3.79. The maximum Gasteiger partial charge on any atom is 0.242 e. The molecule has 1 heterocycles. The number of hydrogen-bond acceptors (Lipinski definition) is 3. The lowest BCUT2D eigenvalue weighted by Gasteiger charge is -2.29. The number of rotatable bonds is 4. The van der Waals surface area contributed by atoms with Crippen LogP contribution in [0.3, 0.4) is 0 Å². The average Bonchev–Trinajstić information content (AvgIpc) is 2.50. The van der Waals surface area contributed by atoms with Crippen molar-refractivity contribution in [2.24, 2.45) is 0 Å². The number of piperazine rings is 1. The molecule has 21 heavy (non-hydrogen) atoms. The molecule has 1 aliphatic rings. The second-order valence-electron chi connectivity index (χ2n) is 5.18. The van der Waals surface area contributed by atoms with Crippen molar-refractivity contribution in [1.29, 1.82) is 0 Å². The fraction of sp³-hybridized carbons (Fsp3) is 0.467. The van der Waals surface area contributed by atoms with Crippen molar-refractivity contribution in [1.82, 2.24) is 15.1 Å². The van der Waals surface area contributed by atoms with Gasteiger partial charge in [0, 0.05) is 38.2 Å². The van der Waals surface area contributed by atoms with E-state index in [4.69, 9.17) is 11.6 Å². The largest absolute Gasteiger partial charge is 0.339 e. The minimum atomic E-state index is -0.0687. The summed E-state index contributed by atoms with van der Waals surface area (Å²) in [4.78, 5) is 27.5. The van der Waals surface area contributed by atoms with E-state index in [1.807, 2.05) is 12.1 Å². The molecule has 0 unspecified atom stereocenters. The van der Waals surface area contributed by atoms with E-state index in [1.54, 1.807) is 24.1 Å². The van der Waals surface area contributed by atoms with Crippen LogP contribution in [0.2, 0.25) is 5.02 Å². The van der Waals surface area contributed by atoms with Crippen LogP contribution in [0.4, 0.5) is 0 Å². The van der Waals surface area contributed by atoms with E-state index in [-0.39, 0.29) is 24.8 Å². The first-order chi connectivity index (χ1) is 10.1. The fourth-order valence-electron chi connectivity index (χ4n) is 2.22. The van der Waals surface area contributed by atoms with E-state index in [9.17, 15) is 9.59 Å². The van der Waals surface area contributed by atoms with Crippen LogP contribution in [0.5, 0.6) is 0 Å². The molecule has 1 aliphatic heterocycles. The Hall–Kier alpha value is -1.59. The molecular formula is C15H20ClN3O2. The van der Waals surface area contributed by atoms with E-state index in [0.29, 0.717) is 18.1 Å². The van der Waals surface area contributed by atoms with Crippen LogP contribution in [0.25, 0.3) is 0 Å². The highest BCUT2D eigenvalue weighted by atomic mass is 35.5. The first-order valence-corrected chi connectivity index (χ1v) is 7.41. The molecule has 0 radical (unpaired) electrons. The van der Waals surface area contributed by atoms with Gasteiger partial charge in [0.1, 0.15) is 0 Å². The molecule has 1 aromatic carbocycles. The second kappa shape index (κ2) is 7.43. The standard InChI is InChI=1S/C15H20ClN3O2/c1-18(11-15(21)19-8-6-17-7-9-19)14(20)10-12-2-4-13(16)5-3-12/h2-5,17H,6-11H2,1H3. The van der Waals surface area contributed by atoms with Gasteiger partial charge in [0.25, 0.3) is 0 Å². The van der Waals surface area contributed by atoms with Crippen molar-refractivity contribution < 1.29 is 9.59 Å². The summed E-state index contributed by atoms with van der Waals surface area (Å²) in [6, 6.07) is 7.17. The van der Waals surface area contributed by atoms with Crippen LogP contribution in [0, 0.1) is 0 Å². The van der Waals surface area contributed by atoms with Crippen LogP contribution in [0.15, 0.2) is 24.3 Å². The maximum atomic E-state index is 12.1. The summed E-state index contributed by atoms with van der Waals surface area (Å²) in [5.41, 5.74) is 0.894. The Labute approximate surface area is 129 Å². The monoisotopic (exact) mass is 309 g/mol. The number of likely N-dealkylation sites (N-methyl/N-ethyl adjacent to an activating group) is 1. The van der Waals surface area contributed by atoms with Crippen LogP contribution in [-0.2, 0) is 16.0 Å². The zero-order chi connectivity index (χ0) is 15.2. The molecule has 5 nitrogen and oxygen atoms in total. The van der Waals surface area contributed by atoms with E-state index < -0.39 is 0 Å². The Morgan fingerprint density at radius 1 is 1.24 bits per heavy atom. The molecule has 0 spiro atoms. The number of benzene rings is 1. The minimum absolute atomic E-state index is 0.00320. The Balaban J connectivity index is 1.84. The van der Waals surface area contributed by atoms with Crippen molar-refractivity contribution in [2.45, 2.75) is 6.42 Å². The number of amides is 2. The number of hydrogen-bond donors (Lipinski definition) is 1. The first-order valence-electron chi connectivity index (χ1n) is 7.03. The molecule has 0 aliphatic carbocycles. The van der Waals surface area contributed by atoms with Gasteiger partial charge in [-0.2, -0.15) is 0 Å². The lowest BCUT2D eigenvalue weighted by molar-refractivity contribution is -0.139. The normalized spacial score (nSPS) is 14.9. The van der Waals surface area contributed by atoms with E-state index in [0.717, 1.165) is 18.7 Å². The summed E-state index contributed by atoms with van der Waals surface area (Å²) in [6.45, 7) is 3.17. The quantitative estimate of drug-likeness (QED) is 0.894. The molecule has 2 amide bonds. The van der Waals surface area contributed by atoms with Gasteiger partial charge in [-0.15, -0.1) is 0 Å². The van der Waals surface area contributed by atoms with Gasteiger partial charge in [-0.3, -0.25) is 9.59 Å². The lowest BCUT2D eigenvalue weighted by Crippen LogP contribution is -2.49. The van der Waals surface area contributed by atoms with Gasteiger partial charge in [0.15, 0.2) is 0 Å². The molecule has 1 aromatic rings. The second-order valence-corrected chi connectivity index (χ2v) is 5.62. The number of carbonyl (C=O) groups is 2. The molecule has 2 rings (SSSR count). The van der Waals surface area contributed by atoms with E-state index in [2.05, 4.69) is 5.32 Å². The molecule has 0 bridgehead atoms. The molecule has 1 N–H and O–H groups in total. The lowest BCUT2D eigenvalue weighted by atomic mass is 10.1. The van der Waals surface area contributed by atoms with Gasteiger partial charge < -0.3 is 15.1 Å². The van der Waals surface area contributed by atoms with Crippen molar-refractivity contribution in [3.8, 4) is 0 Å². The minimum Gasteiger partial charge on any atom is -0.339 e. The molecule has 6 heteroatoms. The number of halogens is 1. The summed E-state index contributed by atoms with van der Waals surface area (Å²) in [5, 5.41) is 3.84. The first kappa shape index (κ1) is 15.8. The number of nitrogens with one attached hydrogen (secondary N) is 1. The summed E-state index contributed by atoms with van der Waals surface area (Å²) in [5.74, 6) is -0.0655. The third-order valence-electron chi connectivity index (χ3n) is 3.54. The van der Waals surface area contributed by atoms with Gasteiger partial charge >= 0.3 is 0 Å². The Bertz CT molecular complexity index is 498. The molecule has 1 fully saturated rings. The van der Waals surface area contributed by atoms with Gasteiger partial charge in [-0.05, 0) is 17.7 Å². The Kier molecular flexibility index (Phi) is 5.59. The Morgan fingerprint density at radius 2 is 1.86 bits per heavy atom.